The van der Waals surface area contributed by atoms with Crippen LogP contribution in [-0.2, 0) is 4.79 Å². The zero-order valence-electron chi connectivity index (χ0n) is 7.78. The first-order valence-corrected chi connectivity index (χ1v) is 5.17. The van der Waals surface area contributed by atoms with E-state index in [9.17, 15) is 4.79 Å². The van der Waals surface area contributed by atoms with Gasteiger partial charge in [-0.05, 0) is 49.9 Å². The number of carboxylic acids is 1. The molecule has 3 nitrogen and oxygen atoms in total. The van der Waals surface area contributed by atoms with Crippen LogP contribution < -0.4 is 5.73 Å². The molecule has 2 aliphatic carbocycles. The predicted octanol–water partition coefficient (Wildman–Crippen LogP) is 1.22. The molecule has 1 unspecified atom stereocenters. The maximum atomic E-state index is 10.6. The first-order chi connectivity index (χ1) is 6.18. The third kappa shape index (κ3) is 2.21. The van der Waals surface area contributed by atoms with E-state index in [0.29, 0.717) is 12.3 Å². The minimum atomic E-state index is -0.841. The van der Waals surface area contributed by atoms with Crippen molar-refractivity contribution in [2.45, 2.75) is 38.1 Å². The lowest BCUT2D eigenvalue weighted by Gasteiger charge is -2.17. The Labute approximate surface area is 78.3 Å². The summed E-state index contributed by atoms with van der Waals surface area (Å²) in [5.41, 5.74) is 5.55. The van der Waals surface area contributed by atoms with Gasteiger partial charge in [0.25, 0.3) is 0 Å². The molecule has 0 heterocycles. The van der Waals surface area contributed by atoms with Crippen molar-refractivity contribution < 1.29 is 9.90 Å². The van der Waals surface area contributed by atoms with E-state index in [1.54, 1.807) is 0 Å². The highest BCUT2D eigenvalue weighted by molar-refractivity contribution is 5.73. The van der Waals surface area contributed by atoms with Gasteiger partial charge in [-0.25, -0.2) is 0 Å². The van der Waals surface area contributed by atoms with E-state index in [1.807, 2.05) is 0 Å². The van der Waals surface area contributed by atoms with Gasteiger partial charge in [-0.15, -0.1) is 0 Å². The zero-order valence-corrected chi connectivity index (χ0v) is 7.78. The molecule has 0 aliphatic heterocycles. The maximum Gasteiger partial charge on any atom is 0.320 e. The van der Waals surface area contributed by atoms with Crippen LogP contribution >= 0.6 is 0 Å². The Morgan fingerprint density at radius 3 is 2.08 bits per heavy atom. The Morgan fingerprint density at radius 2 is 1.77 bits per heavy atom. The SMILES string of the molecule is NC(CC(C1CC1)C1CC1)C(=O)O. The highest BCUT2D eigenvalue weighted by Crippen LogP contribution is 2.50. The molecule has 0 bridgehead atoms. The van der Waals surface area contributed by atoms with Crippen molar-refractivity contribution in [2.24, 2.45) is 23.5 Å². The van der Waals surface area contributed by atoms with Crippen molar-refractivity contribution in [1.29, 1.82) is 0 Å². The molecule has 13 heavy (non-hydrogen) atoms. The molecule has 2 aliphatic rings. The standard InChI is InChI=1S/C10H17NO2/c11-9(10(12)13)5-8(6-1-2-6)7-3-4-7/h6-9H,1-5,11H2,(H,12,13). The lowest BCUT2D eigenvalue weighted by molar-refractivity contribution is -0.139. The van der Waals surface area contributed by atoms with Crippen LogP contribution in [0.3, 0.4) is 0 Å². The Bertz CT molecular complexity index is 197. The van der Waals surface area contributed by atoms with Crippen molar-refractivity contribution >= 4 is 5.97 Å². The fourth-order valence-electron chi connectivity index (χ4n) is 2.21. The first-order valence-electron chi connectivity index (χ1n) is 5.17. The third-order valence-corrected chi connectivity index (χ3v) is 3.30. The predicted molar refractivity (Wildman–Crippen MR) is 49.2 cm³/mol. The summed E-state index contributed by atoms with van der Waals surface area (Å²) in [4.78, 5) is 10.6. The van der Waals surface area contributed by atoms with Crippen LogP contribution in [0.2, 0.25) is 0 Å². The van der Waals surface area contributed by atoms with Gasteiger partial charge in [0.1, 0.15) is 6.04 Å². The Morgan fingerprint density at radius 1 is 1.31 bits per heavy atom. The highest BCUT2D eigenvalue weighted by Gasteiger charge is 2.42. The van der Waals surface area contributed by atoms with E-state index >= 15 is 0 Å². The summed E-state index contributed by atoms with van der Waals surface area (Å²) in [5.74, 6) is 1.38. The van der Waals surface area contributed by atoms with Gasteiger partial charge >= 0.3 is 5.97 Å². The van der Waals surface area contributed by atoms with Crippen molar-refractivity contribution in [1.82, 2.24) is 0 Å². The van der Waals surface area contributed by atoms with Gasteiger partial charge < -0.3 is 10.8 Å². The molecule has 0 aromatic rings. The van der Waals surface area contributed by atoms with Gasteiger partial charge in [0.05, 0.1) is 0 Å². The molecule has 0 saturated heterocycles. The number of hydrogen-bond donors (Lipinski definition) is 2. The van der Waals surface area contributed by atoms with E-state index in [4.69, 9.17) is 10.8 Å². The van der Waals surface area contributed by atoms with Crippen molar-refractivity contribution in [3.63, 3.8) is 0 Å². The van der Waals surface area contributed by atoms with E-state index in [1.165, 1.54) is 25.7 Å². The molecule has 2 fully saturated rings. The molecule has 1 atom stereocenters. The normalized spacial score (nSPS) is 24.8. The summed E-state index contributed by atoms with van der Waals surface area (Å²) in [6, 6.07) is -0.633. The van der Waals surface area contributed by atoms with E-state index in [0.717, 1.165) is 11.8 Å². The number of rotatable bonds is 5. The monoisotopic (exact) mass is 183 g/mol. The molecule has 0 aromatic carbocycles. The van der Waals surface area contributed by atoms with E-state index in [2.05, 4.69) is 0 Å². The quantitative estimate of drug-likeness (QED) is 0.673. The van der Waals surface area contributed by atoms with Crippen molar-refractivity contribution in [3.05, 3.63) is 0 Å². The second-order valence-electron chi connectivity index (χ2n) is 4.52. The Balaban J connectivity index is 1.85. The molecular formula is C10H17NO2. The summed E-state index contributed by atoms with van der Waals surface area (Å²) >= 11 is 0. The number of carbonyl (C=O) groups is 1. The second-order valence-corrected chi connectivity index (χ2v) is 4.52. The van der Waals surface area contributed by atoms with Gasteiger partial charge in [-0.1, -0.05) is 0 Å². The molecule has 74 valence electrons. The van der Waals surface area contributed by atoms with Crippen molar-refractivity contribution in [2.75, 3.05) is 0 Å². The first kappa shape index (κ1) is 9.00. The largest absolute Gasteiger partial charge is 0.480 e. The number of aliphatic carboxylic acids is 1. The number of carboxylic acid groups (broad SMARTS) is 1. The fraction of sp³-hybridized carbons (Fsp3) is 0.900. The highest BCUT2D eigenvalue weighted by atomic mass is 16.4. The van der Waals surface area contributed by atoms with Crippen LogP contribution in [0, 0.1) is 17.8 Å². The van der Waals surface area contributed by atoms with Crippen LogP contribution in [0.1, 0.15) is 32.1 Å². The van der Waals surface area contributed by atoms with Crippen LogP contribution in [0.25, 0.3) is 0 Å². The molecule has 0 aromatic heterocycles. The minimum absolute atomic E-state index is 0.617. The molecule has 0 amide bonds. The van der Waals surface area contributed by atoms with Gasteiger partial charge in [-0.3, -0.25) is 4.79 Å². The molecule has 0 radical (unpaired) electrons. The fourth-order valence-corrected chi connectivity index (χ4v) is 2.21. The van der Waals surface area contributed by atoms with Crippen LogP contribution in [-0.4, -0.2) is 17.1 Å². The summed E-state index contributed by atoms with van der Waals surface area (Å²) in [7, 11) is 0. The Kier molecular flexibility index (Phi) is 2.28. The molecule has 2 saturated carbocycles. The van der Waals surface area contributed by atoms with E-state index in [-0.39, 0.29) is 0 Å². The van der Waals surface area contributed by atoms with Crippen LogP contribution in [0.15, 0.2) is 0 Å². The van der Waals surface area contributed by atoms with E-state index < -0.39 is 12.0 Å². The summed E-state index contributed by atoms with van der Waals surface area (Å²) in [6.45, 7) is 0. The summed E-state index contributed by atoms with van der Waals surface area (Å²) in [5, 5.41) is 8.71. The lowest BCUT2D eigenvalue weighted by Crippen LogP contribution is -2.33. The van der Waals surface area contributed by atoms with Gasteiger partial charge in [0, 0.05) is 0 Å². The lowest BCUT2D eigenvalue weighted by atomic mass is 9.91. The molecular weight excluding hydrogens is 166 g/mol. The minimum Gasteiger partial charge on any atom is -0.480 e. The zero-order chi connectivity index (χ0) is 9.42. The van der Waals surface area contributed by atoms with Crippen LogP contribution in [0.5, 0.6) is 0 Å². The average molecular weight is 183 g/mol. The maximum absolute atomic E-state index is 10.6. The van der Waals surface area contributed by atoms with Gasteiger partial charge in [0.15, 0.2) is 0 Å². The Hall–Kier alpha value is -0.570. The summed E-state index contributed by atoms with van der Waals surface area (Å²) in [6.07, 6.45) is 5.90. The van der Waals surface area contributed by atoms with Gasteiger partial charge in [-0.2, -0.15) is 0 Å². The third-order valence-electron chi connectivity index (χ3n) is 3.30. The molecule has 3 heteroatoms. The summed E-state index contributed by atoms with van der Waals surface area (Å²) < 4.78 is 0. The molecule has 2 rings (SSSR count). The van der Waals surface area contributed by atoms with Gasteiger partial charge in [0.2, 0.25) is 0 Å². The number of hydrogen-bond acceptors (Lipinski definition) is 2. The average Bonchev–Trinajstić information content (AvgIpc) is 2.90. The number of nitrogens with two attached hydrogens (primary N) is 1. The molecule has 3 N–H and O–H groups in total. The molecule has 0 spiro atoms. The van der Waals surface area contributed by atoms with Crippen LogP contribution in [0.4, 0.5) is 0 Å². The van der Waals surface area contributed by atoms with Crippen molar-refractivity contribution in [3.8, 4) is 0 Å². The smallest absolute Gasteiger partial charge is 0.320 e. The topological polar surface area (TPSA) is 63.3 Å². The second kappa shape index (κ2) is 3.29.